The van der Waals surface area contributed by atoms with Gasteiger partial charge in [0.2, 0.25) is 11.8 Å². The first-order chi connectivity index (χ1) is 8.67. The van der Waals surface area contributed by atoms with Gasteiger partial charge in [-0.3, -0.25) is 9.59 Å². The zero-order valence-corrected chi connectivity index (χ0v) is 10.5. The Labute approximate surface area is 107 Å². The quantitative estimate of drug-likeness (QED) is 0.645. The molecule has 98 valence electrons. The number of nitrogens with one attached hydrogen (secondary N) is 2. The highest BCUT2D eigenvalue weighted by molar-refractivity contribution is 5.85. The van der Waals surface area contributed by atoms with Crippen LogP contribution in [0.3, 0.4) is 0 Å². The maximum atomic E-state index is 11.8. The SMILES string of the molecule is CNC(=O)CNC(=O)C(CN)Cc1ccccc1. The highest BCUT2D eigenvalue weighted by Crippen LogP contribution is 2.07. The van der Waals surface area contributed by atoms with E-state index in [0.29, 0.717) is 6.42 Å². The van der Waals surface area contributed by atoms with E-state index in [2.05, 4.69) is 10.6 Å². The summed E-state index contributed by atoms with van der Waals surface area (Å²) < 4.78 is 0. The van der Waals surface area contributed by atoms with Crippen molar-refractivity contribution in [1.29, 1.82) is 0 Å². The fraction of sp³-hybridized carbons (Fsp3) is 0.385. The van der Waals surface area contributed by atoms with Gasteiger partial charge in [0.15, 0.2) is 0 Å². The number of benzene rings is 1. The number of likely N-dealkylation sites (N-methyl/N-ethyl adjacent to an activating group) is 1. The van der Waals surface area contributed by atoms with Crippen LogP contribution in [-0.2, 0) is 16.0 Å². The van der Waals surface area contributed by atoms with Crippen molar-refractivity contribution in [2.45, 2.75) is 6.42 Å². The Morgan fingerprint density at radius 3 is 2.50 bits per heavy atom. The van der Waals surface area contributed by atoms with Gasteiger partial charge in [-0.2, -0.15) is 0 Å². The molecule has 2 amide bonds. The summed E-state index contributed by atoms with van der Waals surface area (Å²) in [5.74, 6) is -0.721. The van der Waals surface area contributed by atoms with Crippen molar-refractivity contribution in [3.8, 4) is 0 Å². The van der Waals surface area contributed by atoms with Gasteiger partial charge in [0, 0.05) is 13.6 Å². The zero-order valence-electron chi connectivity index (χ0n) is 10.5. The molecular weight excluding hydrogens is 230 g/mol. The molecule has 0 aromatic heterocycles. The highest BCUT2D eigenvalue weighted by Gasteiger charge is 2.17. The van der Waals surface area contributed by atoms with Crippen molar-refractivity contribution in [2.24, 2.45) is 11.7 Å². The number of hydrogen-bond donors (Lipinski definition) is 3. The first kappa shape index (κ1) is 14.2. The molecule has 0 spiro atoms. The van der Waals surface area contributed by atoms with E-state index in [9.17, 15) is 9.59 Å². The second-order valence-corrected chi connectivity index (χ2v) is 4.01. The fourth-order valence-electron chi connectivity index (χ4n) is 1.58. The van der Waals surface area contributed by atoms with Crippen LogP contribution in [0.2, 0.25) is 0 Å². The lowest BCUT2D eigenvalue weighted by molar-refractivity contribution is -0.128. The van der Waals surface area contributed by atoms with Crippen LogP contribution in [-0.4, -0.2) is 32.0 Å². The third-order valence-electron chi connectivity index (χ3n) is 2.68. The lowest BCUT2D eigenvalue weighted by Crippen LogP contribution is -2.41. The number of amides is 2. The average Bonchev–Trinajstić information content (AvgIpc) is 2.42. The van der Waals surface area contributed by atoms with Gasteiger partial charge < -0.3 is 16.4 Å². The van der Waals surface area contributed by atoms with E-state index in [1.807, 2.05) is 30.3 Å². The molecule has 0 saturated heterocycles. The first-order valence-corrected chi connectivity index (χ1v) is 5.89. The number of carbonyl (C=O) groups excluding carboxylic acids is 2. The first-order valence-electron chi connectivity index (χ1n) is 5.89. The Balaban J connectivity index is 2.50. The number of nitrogens with two attached hydrogens (primary N) is 1. The van der Waals surface area contributed by atoms with E-state index in [1.165, 1.54) is 7.05 Å². The van der Waals surface area contributed by atoms with Crippen LogP contribution < -0.4 is 16.4 Å². The van der Waals surface area contributed by atoms with Gasteiger partial charge in [0.25, 0.3) is 0 Å². The van der Waals surface area contributed by atoms with Gasteiger partial charge in [0.05, 0.1) is 12.5 Å². The molecule has 0 fully saturated rings. The molecule has 4 N–H and O–H groups in total. The summed E-state index contributed by atoms with van der Waals surface area (Å²) in [5.41, 5.74) is 6.66. The van der Waals surface area contributed by atoms with Crippen molar-refractivity contribution >= 4 is 11.8 Å². The predicted molar refractivity (Wildman–Crippen MR) is 69.8 cm³/mol. The Kier molecular flexibility index (Phi) is 5.87. The van der Waals surface area contributed by atoms with Gasteiger partial charge in [-0.25, -0.2) is 0 Å². The molecule has 0 aliphatic carbocycles. The molecular formula is C13H19N3O2. The number of carbonyl (C=O) groups is 2. The molecule has 0 heterocycles. The molecule has 0 bridgehead atoms. The minimum Gasteiger partial charge on any atom is -0.358 e. The summed E-state index contributed by atoms with van der Waals surface area (Å²) in [6, 6.07) is 9.67. The summed E-state index contributed by atoms with van der Waals surface area (Å²) in [7, 11) is 1.53. The summed E-state index contributed by atoms with van der Waals surface area (Å²) in [4.78, 5) is 22.9. The van der Waals surface area contributed by atoms with Crippen LogP contribution in [0.4, 0.5) is 0 Å². The Bertz CT molecular complexity index is 392. The Hall–Kier alpha value is -1.88. The molecule has 0 aliphatic heterocycles. The Morgan fingerprint density at radius 2 is 1.94 bits per heavy atom. The molecule has 1 rings (SSSR count). The summed E-state index contributed by atoms with van der Waals surface area (Å²) in [6.07, 6.45) is 0.580. The molecule has 1 aromatic carbocycles. The molecule has 18 heavy (non-hydrogen) atoms. The van der Waals surface area contributed by atoms with Crippen LogP contribution in [0.5, 0.6) is 0 Å². The van der Waals surface area contributed by atoms with Crippen molar-refractivity contribution in [3.05, 3.63) is 35.9 Å². The van der Waals surface area contributed by atoms with Crippen LogP contribution in [0.1, 0.15) is 5.56 Å². The lowest BCUT2D eigenvalue weighted by Gasteiger charge is -2.14. The Morgan fingerprint density at radius 1 is 1.28 bits per heavy atom. The minimum atomic E-state index is -0.308. The van der Waals surface area contributed by atoms with Crippen molar-refractivity contribution in [3.63, 3.8) is 0 Å². The van der Waals surface area contributed by atoms with E-state index < -0.39 is 0 Å². The zero-order chi connectivity index (χ0) is 13.4. The van der Waals surface area contributed by atoms with Crippen LogP contribution in [0.15, 0.2) is 30.3 Å². The summed E-state index contributed by atoms with van der Waals surface area (Å²) in [6.45, 7) is 0.245. The third-order valence-corrected chi connectivity index (χ3v) is 2.68. The molecule has 0 aliphatic rings. The number of rotatable bonds is 6. The van der Waals surface area contributed by atoms with Crippen molar-refractivity contribution < 1.29 is 9.59 Å². The molecule has 0 radical (unpaired) electrons. The van der Waals surface area contributed by atoms with E-state index in [0.717, 1.165) is 5.56 Å². The molecule has 5 nitrogen and oxygen atoms in total. The summed E-state index contributed by atoms with van der Waals surface area (Å²) >= 11 is 0. The maximum absolute atomic E-state index is 11.8. The highest BCUT2D eigenvalue weighted by atomic mass is 16.2. The number of hydrogen-bond acceptors (Lipinski definition) is 3. The van der Waals surface area contributed by atoms with Gasteiger partial charge in [-0.15, -0.1) is 0 Å². The molecule has 1 unspecified atom stereocenters. The monoisotopic (exact) mass is 249 g/mol. The van der Waals surface area contributed by atoms with Crippen LogP contribution in [0, 0.1) is 5.92 Å². The third kappa shape index (κ3) is 4.55. The van der Waals surface area contributed by atoms with E-state index >= 15 is 0 Å². The standard InChI is InChI=1S/C13H19N3O2/c1-15-12(17)9-16-13(18)11(8-14)7-10-5-3-2-4-6-10/h2-6,11H,7-9,14H2,1H3,(H,15,17)(H,16,18). The minimum absolute atomic E-state index is 0.0133. The molecule has 1 atom stereocenters. The average molecular weight is 249 g/mol. The van der Waals surface area contributed by atoms with E-state index in [4.69, 9.17) is 5.73 Å². The predicted octanol–water partition coefficient (Wildman–Crippen LogP) is -0.334. The molecule has 1 aromatic rings. The van der Waals surface area contributed by atoms with E-state index in [-0.39, 0.29) is 30.8 Å². The van der Waals surface area contributed by atoms with Gasteiger partial charge in [-0.05, 0) is 12.0 Å². The van der Waals surface area contributed by atoms with Crippen LogP contribution >= 0.6 is 0 Å². The van der Waals surface area contributed by atoms with Crippen LogP contribution in [0.25, 0.3) is 0 Å². The van der Waals surface area contributed by atoms with E-state index in [1.54, 1.807) is 0 Å². The second-order valence-electron chi connectivity index (χ2n) is 4.01. The maximum Gasteiger partial charge on any atom is 0.239 e. The normalized spacial score (nSPS) is 11.7. The van der Waals surface area contributed by atoms with Gasteiger partial charge >= 0.3 is 0 Å². The molecule has 5 heteroatoms. The molecule has 0 saturated carbocycles. The van der Waals surface area contributed by atoms with Gasteiger partial charge in [-0.1, -0.05) is 30.3 Å². The van der Waals surface area contributed by atoms with Crippen molar-refractivity contribution in [1.82, 2.24) is 10.6 Å². The smallest absolute Gasteiger partial charge is 0.239 e. The van der Waals surface area contributed by atoms with Gasteiger partial charge in [0.1, 0.15) is 0 Å². The van der Waals surface area contributed by atoms with Crippen molar-refractivity contribution in [2.75, 3.05) is 20.1 Å². The topological polar surface area (TPSA) is 84.2 Å². The summed E-state index contributed by atoms with van der Waals surface area (Å²) in [5, 5.41) is 5.02. The lowest BCUT2D eigenvalue weighted by atomic mass is 9.98. The fourth-order valence-corrected chi connectivity index (χ4v) is 1.58. The largest absolute Gasteiger partial charge is 0.358 e. The second kappa shape index (κ2) is 7.45.